The molecule has 0 saturated carbocycles. The normalized spacial score (nSPS) is 10.3. The van der Waals surface area contributed by atoms with E-state index in [1.807, 2.05) is 0 Å². The summed E-state index contributed by atoms with van der Waals surface area (Å²) in [6, 6.07) is 4.58. The summed E-state index contributed by atoms with van der Waals surface area (Å²) < 4.78 is 13.7. The molecule has 0 fully saturated rings. The first-order valence-corrected chi connectivity index (χ1v) is 5.73. The third kappa shape index (κ3) is 2.65. The Morgan fingerprint density at radius 3 is 2.82 bits per heavy atom. The fourth-order valence-corrected chi connectivity index (χ4v) is 1.56. The number of anilines is 3. The minimum atomic E-state index is -0.381. The Bertz CT molecular complexity index is 564. The molecule has 1 aromatic heterocycles. The molecule has 1 aromatic carbocycles. The third-order valence-electron chi connectivity index (χ3n) is 2.02. The van der Waals surface area contributed by atoms with Crippen molar-refractivity contribution in [2.45, 2.75) is 0 Å². The van der Waals surface area contributed by atoms with E-state index in [9.17, 15) is 4.39 Å². The Hall–Kier alpha value is -1.40. The monoisotopic (exact) mass is 316 g/mol. The Kier molecular flexibility index (Phi) is 3.44. The Labute approximate surface area is 110 Å². The van der Waals surface area contributed by atoms with Gasteiger partial charge in [-0.05, 0) is 34.1 Å². The van der Waals surface area contributed by atoms with Crippen molar-refractivity contribution in [1.82, 2.24) is 9.97 Å². The maximum Gasteiger partial charge on any atom is 0.158 e. The van der Waals surface area contributed by atoms with Crippen molar-refractivity contribution in [3.8, 4) is 0 Å². The maximum absolute atomic E-state index is 13.3. The molecule has 0 aliphatic rings. The SMILES string of the molecule is Nc1c(Cl)ncnc1Nc1ccc(Br)c(F)c1. The van der Waals surface area contributed by atoms with Gasteiger partial charge < -0.3 is 11.1 Å². The summed E-state index contributed by atoms with van der Waals surface area (Å²) in [7, 11) is 0. The quantitative estimate of drug-likeness (QED) is 0.834. The largest absolute Gasteiger partial charge is 0.393 e. The number of nitrogen functional groups attached to an aromatic ring is 1. The molecule has 0 aliphatic carbocycles. The second-order valence-electron chi connectivity index (χ2n) is 3.18. The first-order chi connectivity index (χ1) is 8.08. The van der Waals surface area contributed by atoms with E-state index in [1.165, 1.54) is 12.4 Å². The van der Waals surface area contributed by atoms with E-state index in [2.05, 4.69) is 31.2 Å². The highest BCUT2D eigenvalue weighted by Gasteiger charge is 2.07. The molecule has 0 unspecified atom stereocenters. The number of nitrogens with two attached hydrogens (primary N) is 1. The molecule has 0 amide bonds. The molecular formula is C10H7BrClFN4. The van der Waals surface area contributed by atoms with E-state index in [1.54, 1.807) is 12.1 Å². The molecule has 0 atom stereocenters. The second-order valence-corrected chi connectivity index (χ2v) is 4.39. The van der Waals surface area contributed by atoms with Gasteiger partial charge in [-0.25, -0.2) is 14.4 Å². The zero-order valence-corrected chi connectivity index (χ0v) is 10.8. The predicted molar refractivity (Wildman–Crippen MR) is 68.8 cm³/mol. The van der Waals surface area contributed by atoms with E-state index in [0.29, 0.717) is 16.0 Å². The summed E-state index contributed by atoms with van der Waals surface area (Å²) in [6.45, 7) is 0. The highest BCUT2D eigenvalue weighted by Crippen LogP contribution is 2.27. The summed E-state index contributed by atoms with van der Waals surface area (Å²) in [5.74, 6) is -0.0413. The summed E-state index contributed by atoms with van der Waals surface area (Å²) in [5, 5.41) is 3.01. The van der Waals surface area contributed by atoms with Crippen molar-refractivity contribution in [2.24, 2.45) is 0 Å². The van der Waals surface area contributed by atoms with Crippen LogP contribution in [-0.4, -0.2) is 9.97 Å². The van der Waals surface area contributed by atoms with Crippen LogP contribution in [0.5, 0.6) is 0 Å². The van der Waals surface area contributed by atoms with Crippen LogP contribution in [0, 0.1) is 5.82 Å². The standard InChI is InChI=1S/C10H7BrClFN4/c11-6-2-1-5(3-7(6)13)17-10-8(14)9(12)15-4-16-10/h1-4H,14H2,(H,15,16,17). The lowest BCUT2D eigenvalue weighted by Crippen LogP contribution is -2.01. The zero-order chi connectivity index (χ0) is 12.4. The van der Waals surface area contributed by atoms with Crippen LogP contribution in [0.3, 0.4) is 0 Å². The molecule has 7 heteroatoms. The van der Waals surface area contributed by atoms with Gasteiger partial charge >= 0.3 is 0 Å². The summed E-state index contributed by atoms with van der Waals surface area (Å²) in [6.07, 6.45) is 1.27. The molecule has 17 heavy (non-hydrogen) atoms. The minimum Gasteiger partial charge on any atom is -0.393 e. The number of nitrogens with zero attached hydrogens (tertiary/aromatic N) is 2. The van der Waals surface area contributed by atoms with Gasteiger partial charge in [0, 0.05) is 5.69 Å². The Morgan fingerprint density at radius 1 is 1.35 bits per heavy atom. The molecule has 1 heterocycles. The smallest absolute Gasteiger partial charge is 0.158 e. The highest BCUT2D eigenvalue weighted by atomic mass is 79.9. The zero-order valence-electron chi connectivity index (χ0n) is 8.42. The molecule has 0 radical (unpaired) electrons. The van der Waals surface area contributed by atoms with Crippen LogP contribution >= 0.6 is 27.5 Å². The first-order valence-electron chi connectivity index (χ1n) is 4.56. The van der Waals surface area contributed by atoms with Crippen LogP contribution < -0.4 is 11.1 Å². The predicted octanol–water partition coefficient (Wildman–Crippen LogP) is 3.36. The first kappa shape index (κ1) is 12.1. The Morgan fingerprint density at radius 2 is 2.12 bits per heavy atom. The molecular weight excluding hydrogens is 310 g/mol. The van der Waals surface area contributed by atoms with Crippen molar-refractivity contribution in [3.05, 3.63) is 40.0 Å². The van der Waals surface area contributed by atoms with Gasteiger partial charge in [0.25, 0.3) is 0 Å². The number of hydrogen-bond acceptors (Lipinski definition) is 4. The lowest BCUT2D eigenvalue weighted by atomic mass is 10.3. The van der Waals surface area contributed by atoms with Gasteiger partial charge in [-0.1, -0.05) is 11.6 Å². The average molecular weight is 318 g/mol. The molecule has 3 N–H and O–H groups in total. The van der Waals surface area contributed by atoms with Crippen LogP contribution in [0.2, 0.25) is 5.15 Å². The molecule has 0 bridgehead atoms. The van der Waals surface area contributed by atoms with E-state index in [4.69, 9.17) is 17.3 Å². The summed E-state index contributed by atoms with van der Waals surface area (Å²) in [4.78, 5) is 7.64. The van der Waals surface area contributed by atoms with E-state index in [-0.39, 0.29) is 16.7 Å². The van der Waals surface area contributed by atoms with Gasteiger partial charge in [-0.3, -0.25) is 0 Å². The number of aromatic nitrogens is 2. The molecule has 0 saturated heterocycles. The van der Waals surface area contributed by atoms with Crippen LogP contribution in [0.25, 0.3) is 0 Å². The van der Waals surface area contributed by atoms with Crippen molar-refractivity contribution in [2.75, 3.05) is 11.1 Å². The maximum atomic E-state index is 13.3. The molecule has 4 nitrogen and oxygen atoms in total. The fraction of sp³-hybridized carbons (Fsp3) is 0. The number of halogens is 3. The lowest BCUT2D eigenvalue weighted by molar-refractivity contribution is 0.622. The minimum absolute atomic E-state index is 0.153. The van der Waals surface area contributed by atoms with Crippen LogP contribution in [0.4, 0.5) is 21.6 Å². The number of rotatable bonds is 2. The van der Waals surface area contributed by atoms with Gasteiger partial charge in [0.15, 0.2) is 11.0 Å². The second kappa shape index (κ2) is 4.85. The molecule has 2 rings (SSSR count). The van der Waals surface area contributed by atoms with Crippen molar-refractivity contribution >= 4 is 44.7 Å². The number of benzene rings is 1. The number of nitrogens with one attached hydrogen (secondary N) is 1. The van der Waals surface area contributed by atoms with E-state index >= 15 is 0 Å². The molecule has 0 aliphatic heterocycles. The summed E-state index contributed by atoms with van der Waals surface area (Å²) >= 11 is 8.81. The van der Waals surface area contributed by atoms with E-state index in [0.717, 1.165) is 0 Å². The lowest BCUT2D eigenvalue weighted by Gasteiger charge is -2.08. The topological polar surface area (TPSA) is 63.8 Å². The molecule has 0 spiro atoms. The van der Waals surface area contributed by atoms with Gasteiger partial charge in [-0.2, -0.15) is 0 Å². The van der Waals surface area contributed by atoms with Crippen LogP contribution in [-0.2, 0) is 0 Å². The van der Waals surface area contributed by atoms with Gasteiger partial charge in [0.2, 0.25) is 0 Å². The highest BCUT2D eigenvalue weighted by molar-refractivity contribution is 9.10. The Balaban J connectivity index is 2.31. The number of hydrogen-bond donors (Lipinski definition) is 2. The summed E-state index contributed by atoms with van der Waals surface area (Å²) in [5.41, 5.74) is 6.42. The van der Waals surface area contributed by atoms with Crippen molar-refractivity contribution < 1.29 is 4.39 Å². The molecule has 88 valence electrons. The average Bonchev–Trinajstić information content (AvgIpc) is 2.30. The van der Waals surface area contributed by atoms with E-state index < -0.39 is 0 Å². The van der Waals surface area contributed by atoms with Gasteiger partial charge in [-0.15, -0.1) is 0 Å². The fourth-order valence-electron chi connectivity index (χ4n) is 1.18. The van der Waals surface area contributed by atoms with Crippen molar-refractivity contribution in [1.29, 1.82) is 0 Å². The van der Waals surface area contributed by atoms with Gasteiger partial charge in [0.05, 0.1) is 4.47 Å². The van der Waals surface area contributed by atoms with Crippen molar-refractivity contribution in [3.63, 3.8) is 0 Å². The van der Waals surface area contributed by atoms with Crippen LogP contribution in [0.15, 0.2) is 29.0 Å². The van der Waals surface area contributed by atoms with Gasteiger partial charge in [0.1, 0.15) is 17.8 Å². The third-order valence-corrected chi connectivity index (χ3v) is 2.96. The molecule has 2 aromatic rings. The van der Waals surface area contributed by atoms with Crippen LogP contribution in [0.1, 0.15) is 0 Å².